The van der Waals surface area contributed by atoms with Crippen molar-refractivity contribution in [1.29, 1.82) is 0 Å². The average Bonchev–Trinajstić information content (AvgIpc) is 2.27. The molecule has 2 N–H and O–H groups in total. The van der Waals surface area contributed by atoms with Gasteiger partial charge in [-0.25, -0.2) is 4.79 Å². The molecule has 0 radical (unpaired) electrons. The van der Waals surface area contributed by atoms with Gasteiger partial charge < -0.3 is 10.2 Å². The van der Waals surface area contributed by atoms with E-state index in [1.54, 1.807) is 12.1 Å². The Labute approximate surface area is 107 Å². The van der Waals surface area contributed by atoms with Crippen LogP contribution >= 0.6 is 27.5 Å². The van der Waals surface area contributed by atoms with E-state index in [0.717, 1.165) is 18.4 Å². The number of halogens is 2. The maximum Gasteiger partial charge on any atom is 0.337 e. The summed E-state index contributed by atoms with van der Waals surface area (Å²) in [6, 6.07) is 5.31. The molecule has 5 heteroatoms. The van der Waals surface area contributed by atoms with Crippen LogP contribution in [0.25, 0.3) is 0 Å². The Balaban J connectivity index is 2.94. The van der Waals surface area contributed by atoms with Gasteiger partial charge >= 0.3 is 5.97 Å². The first-order valence-electron chi connectivity index (χ1n) is 4.81. The third-order valence-electron chi connectivity index (χ3n) is 2.19. The van der Waals surface area contributed by atoms with Crippen molar-refractivity contribution in [2.75, 3.05) is 5.88 Å². The standard InChI is InChI=1S/C11H12BrClO3/c12-9-4-3-7(2-1-5-13)6-8(9)10(14)11(15)16/h3-4,6,10,14H,1-2,5H2,(H,15,16). The summed E-state index contributed by atoms with van der Waals surface area (Å²) in [5.41, 5.74) is 1.35. The summed E-state index contributed by atoms with van der Waals surface area (Å²) >= 11 is 8.80. The third kappa shape index (κ3) is 3.47. The fourth-order valence-electron chi connectivity index (χ4n) is 1.36. The van der Waals surface area contributed by atoms with Gasteiger partial charge in [0.05, 0.1) is 0 Å². The van der Waals surface area contributed by atoms with Crippen molar-refractivity contribution in [3.05, 3.63) is 33.8 Å². The van der Waals surface area contributed by atoms with Gasteiger partial charge in [0, 0.05) is 15.9 Å². The minimum Gasteiger partial charge on any atom is -0.479 e. The van der Waals surface area contributed by atoms with Crippen LogP contribution in [0.4, 0.5) is 0 Å². The fourth-order valence-corrected chi connectivity index (χ4v) is 1.96. The van der Waals surface area contributed by atoms with E-state index in [1.807, 2.05) is 6.07 Å². The monoisotopic (exact) mass is 306 g/mol. The molecule has 1 rings (SSSR count). The summed E-state index contributed by atoms with van der Waals surface area (Å²) in [7, 11) is 0. The molecule has 3 nitrogen and oxygen atoms in total. The zero-order chi connectivity index (χ0) is 12.1. The normalized spacial score (nSPS) is 12.4. The molecule has 0 saturated heterocycles. The second-order valence-electron chi connectivity index (χ2n) is 3.39. The summed E-state index contributed by atoms with van der Waals surface area (Å²) < 4.78 is 0.594. The van der Waals surface area contributed by atoms with Crippen LogP contribution in [0.5, 0.6) is 0 Å². The molecule has 88 valence electrons. The molecule has 0 aliphatic carbocycles. The van der Waals surface area contributed by atoms with E-state index < -0.39 is 12.1 Å². The van der Waals surface area contributed by atoms with Crippen LogP contribution in [0.3, 0.4) is 0 Å². The topological polar surface area (TPSA) is 57.5 Å². The smallest absolute Gasteiger partial charge is 0.337 e. The lowest BCUT2D eigenvalue weighted by atomic mass is 10.0. The van der Waals surface area contributed by atoms with Crippen LogP contribution in [0.15, 0.2) is 22.7 Å². The number of rotatable bonds is 5. The summed E-state index contributed by atoms with van der Waals surface area (Å²) in [5, 5.41) is 18.2. The Morgan fingerprint density at radius 3 is 2.75 bits per heavy atom. The Bertz CT molecular complexity index is 381. The van der Waals surface area contributed by atoms with E-state index in [0.29, 0.717) is 15.9 Å². The van der Waals surface area contributed by atoms with Gasteiger partial charge in [0.2, 0.25) is 0 Å². The first-order valence-corrected chi connectivity index (χ1v) is 6.14. The molecule has 0 aliphatic rings. The molecule has 16 heavy (non-hydrogen) atoms. The number of aliphatic carboxylic acids is 1. The number of carboxylic acid groups (broad SMARTS) is 1. The highest BCUT2D eigenvalue weighted by Gasteiger charge is 2.18. The van der Waals surface area contributed by atoms with Crippen LogP contribution in [0, 0.1) is 0 Å². The van der Waals surface area contributed by atoms with Crippen molar-refractivity contribution >= 4 is 33.5 Å². The predicted octanol–water partition coefficient (Wildman–Crippen LogP) is 2.74. The number of aliphatic hydroxyl groups is 1. The van der Waals surface area contributed by atoms with Crippen LogP contribution in [0.2, 0.25) is 0 Å². The van der Waals surface area contributed by atoms with Crippen molar-refractivity contribution in [3.8, 4) is 0 Å². The molecule has 0 fully saturated rings. The van der Waals surface area contributed by atoms with E-state index in [4.69, 9.17) is 16.7 Å². The van der Waals surface area contributed by atoms with E-state index in [-0.39, 0.29) is 0 Å². The number of alkyl halides is 1. The van der Waals surface area contributed by atoms with Crippen LogP contribution in [-0.4, -0.2) is 22.1 Å². The average molecular weight is 308 g/mol. The van der Waals surface area contributed by atoms with Gasteiger partial charge in [-0.15, -0.1) is 11.6 Å². The summed E-state index contributed by atoms with van der Waals surface area (Å²) in [6.45, 7) is 0. The summed E-state index contributed by atoms with van der Waals surface area (Å²) in [4.78, 5) is 10.7. The number of carboxylic acids is 1. The van der Waals surface area contributed by atoms with Crippen LogP contribution in [-0.2, 0) is 11.2 Å². The lowest BCUT2D eigenvalue weighted by molar-refractivity contribution is -0.147. The summed E-state index contributed by atoms with van der Waals surface area (Å²) in [6.07, 6.45) is 0.104. The lowest BCUT2D eigenvalue weighted by Crippen LogP contribution is -2.11. The van der Waals surface area contributed by atoms with Gasteiger partial charge in [-0.2, -0.15) is 0 Å². The van der Waals surface area contributed by atoms with Crippen LogP contribution < -0.4 is 0 Å². The van der Waals surface area contributed by atoms with Gasteiger partial charge in [0.15, 0.2) is 6.10 Å². The Morgan fingerprint density at radius 2 is 2.19 bits per heavy atom. The van der Waals surface area contributed by atoms with Gasteiger partial charge in [0.1, 0.15) is 0 Å². The number of hydrogen-bond donors (Lipinski definition) is 2. The van der Waals surface area contributed by atoms with E-state index in [2.05, 4.69) is 15.9 Å². The molecule has 1 atom stereocenters. The Morgan fingerprint density at radius 1 is 1.50 bits per heavy atom. The highest BCUT2D eigenvalue weighted by molar-refractivity contribution is 9.10. The van der Waals surface area contributed by atoms with Crippen molar-refractivity contribution in [1.82, 2.24) is 0 Å². The van der Waals surface area contributed by atoms with E-state index >= 15 is 0 Å². The number of carbonyl (C=O) groups is 1. The Hall–Kier alpha value is -0.580. The minimum atomic E-state index is -1.50. The van der Waals surface area contributed by atoms with Crippen molar-refractivity contribution < 1.29 is 15.0 Å². The molecule has 0 bridgehead atoms. The first kappa shape index (κ1) is 13.5. The highest BCUT2D eigenvalue weighted by atomic mass is 79.9. The van der Waals surface area contributed by atoms with Gasteiger partial charge in [-0.3, -0.25) is 0 Å². The van der Waals surface area contributed by atoms with Gasteiger partial charge in [-0.1, -0.05) is 28.1 Å². The zero-order valence-corrected chi connectivity index (χ0v) is 10.8. The molecular formula is C11H12BrClO3. The number of benzene rings is 1. The molecule has 1 aromatic rings. The Kier molecular flexibility index (Phi) is 5.25. The van der Waals surface area contributed by atoms with Crippen LogP contribution in [0.1, 0.15) is 23.7 Å². The largest absolute Gasteiger partial charge is 0.479 e. The van der Waals surface area contributed by atoms with Gasteiger partial charge in [-0.05, 0) is 24.5 Å². The van der Waals surface area contributed by atoms with Crippen molar-refractivity contribution in [2.45, 2.75) is 18.9 Å². The number of aliphatic hydroxyl groups excluding tert-OH is 1. The third-order valence-corrected chi connectivity index (χ3v) is 3.18. The predicted molar refractivity (Wildman–Crippen MR) is 65.8 cm³/mol. The second-order valence-corrected chi connectivity index (χ2v) is 4.62. The second kappa shape index (κ2) is 6.23. The van der Waals surface area contributed by atoms with Gasteiger partial charge in [0.25, 0.3) is 0 Å². The first-order chi connectivity index (χ1) is 7.56. The molecule has 0 aromatic heterocycles. The molecule has 0 amide bonds. The number of hydrogen-bond acceptors (Lipinski definition) is 2. The highest BCUT2D eigenvalue weighted by Crippen LogP contribution is 2.25. The SMILES string of the molecule is O=C(O)C(O)c1cc(CCCCl)ccc1Br. The zero-order valence-electron chi connectivity index (χ0n) is 8.49. The number of aryl methyl sites for hydroxylation is 1. The maximum atomic E-state index is 10.7. The molecule has 0 aliphatic heterocycles. The van der Waals surface area contributed by atoms with Crippen molar-refractivity contribution in [3.63, 3.8) is 0 Å². The van der Waals surface area contributed by atoms with E-state index in [1.165, 1.54) is 0 Å². The molecule has 1 unspecified atom stereocenters. The molecular weight excluding hydrogens is 295 g/mol. The van der Waals surface area contributed by atoms with Crippen molar-refractivity contribution in [2.24, 2.45) is 0 Å². The fraction of sp³-hybridized carbons (Fsp3) is 0.364. The lowest BCUT2D eigenvalue weighted by Gasteiger charge is -2.10. The molecule has 0 spiro atoms. The quantitative estimate of drug-likeness (QED) is 0.822. The maximum absolute atomic E-state index is 10.7. The molecule has 1 aromatic carbocycles. The molecule has 0 heterocycles. The minimum absolute atomic E-state index is 0.375. The summed E-state index contributed by atoms with van der Waals surface area (Å²) in [5.74, 6) is -0.692. The van der Waals surface area contributed by atoms with E-state index in [9.17, 15) is 9.90 Å². The molecule has 0 saturated carbocycles.